The van der Waals surface area contributed by atoms with Crippen LogP contribution < -0.4 is 0 Å². The first-order valence-corrected chi connectivity index (χ1v) is 26.4. The first-order chi connectivity index (χ1) is 36.0. The third-order valence-electron chi connectivity index (χ3n) is 14.6. The van der Waals surface area contributed by atoms with E-state index in [1.165, 1.54) is 0 Å². The van der Waals surface area contributed by atoms with Crippen molar-refractivity contribution in [1.82, 2.24) is 48.9 Å². The molecule has 0 aliphatic rings. The average molecular weight is 1040 g/mol. The Morgan fingerprint density at radius 2 is 0.908 bits per heavy atom. The molecule has 0 aliphatic carbocycles. The molecule has 76 heavy (non-hydrogen) atoms. The minimum absolute atomic E-state index is 0.00851. The highest BCUT2D eigenvalue weighted by Gasteiger charge is 2.50. The molecule has 0 saturated heterocycles. The number of amides is 2. The summed E-state index contributed by atoms with van der Waals surface area (Å²) < 4.78 is 18.1. The highest BCUT2D eigenvalue weighted by Crippen LogP contribution is 2.37. The van der Waals surface area contributed by atoms with Crippen molar-refractivity contribution >= 4 is 45.3 Å². The van der Waals surface area contributed by atoms with Crippen LogP contribution in [0.2, 0.25) is 0 Å². The predicted octanol–water partition coefficient (Wildman–Crippen LogP) is 9.56. The van der Waals surface area contributed by atoms with Crippen LogP contribution in [0.3, 0.4) is 0 Å². The van der Waals surface area contributed by atoms with E-state index in [2.05, 4.69) is 54.2 Å². The third kappa shape index (κ3) is 13.0. The van der Waals surface area contributed by atoms with Crippen molar-refractivity contribution in [2.45, 2.75) is 113 Å². The summed E-state index contributed by atoms with van der Waals surface area (Å²) in [6, 6.07) is 23.6. The number of aryl methyl sites for hydroxylation is 9. The van der Waals surface area contributed by atoms with Gasteiger partial charge < -0.3 is 18.6 Å². The van der Waals surface area contributed by atoms with Gasteiger partial charge in [0.1, 0.15) is 28.1 Å². The third-order valence-corrected chi connectivity index (χ3v) is 14.6. The van der Waals surface area contributed by atoms with Crippen LogP contribution in [-0.4, -0.2) is 92.9 Å². The molecule has 0 fully saturated rings. The van der Waals surface area contributed by atoms with Crippen LogP contribution in [0.4, 0.5) is 0 Å². The van der Waals surface area contributed by atoms with E-state index in [0.29, 0.717) is 44.7 Å². The molecule has 0 aliphatic heterocycles. The van der Waals surface area contributed by atoms with E-state index in [-0.39, 0.29) is 48.6 Å². The molecule has 0 bridgehead atoms. The van der Waals surface area contributed by atoms with Crippen molar-refractivity contribution in [1.29, 1.82) is 0 Å². The van der Waals surface area contributed by atoms with Crippen LogP contribution in [0.25, 0.3) is 21.9 Å². The first kappa shape index (κ1) is 56.4. The summed E-state index contributed by atoms with van der Waals surface area (Å²) in [5.41, 5.74) is 7.94. The van der Waals surface area contributed by atoms with Crippen LogP contribution in [-0.2, 0) is 86.0 Å². The molecule has 8 rings (SSSR count). The van der Waals surface area contributed by atoms with E-state index in [4.69, 9.17) is 8.83 Å². The summed E-state index contributed by atoms with van der Waals surface area (Å²) in [7, 11) is 11.0. The van der Waals surface area contributed by atoms with E-state index in [1.54, 1.807) is 55.1 Å². The van der Waals surface area contributed by atoms with Gasteiger partial charge in [-0.25, -0.2) is 0 Å². The van der Waals surface area contributed by atoms with Gasteiger partial charge in [-0.3, -0.25) is 37.9 Å². The lowest BCUT2D eigenvalue weighted by atomic mass is 9.69. The first-order valence-electron chi connectivity index (χ1n) is 26.4. The summed E-state index contributed by atoms with van der Waals surface area (Å²) in [5.74, 6) is 0.185. The standard InChI is InChI=1S/C30H40N6O3.C30H38N4O3/c1-20(2)18-33(5)28(37)30(16-25-13-21(3)31-35(25)7,17-26-14-22(4)32-36(26)8)29(38)34(6)19-23-9-10-27-24(15-23)11-12-39-27;1-20(2)7-11-28(35)30(18-25-15-21(3)31-33(25)5,19-26-16-22(4)32-34(26)6)29(36)12-9-23-8-10-27-24(17-23)13-14-37-27/h9-15,20H,16-19H2,1-8H3;8,10,13-17,20H,7,9,11-12,18-19H2,1-6H3. The van der Waals surface area contributed by atoms with E-state index < -0.39 is 10.8 Å². The second-order valence-corrected chi connectivity index (χ2v) is 22.1. The number of Topliss-reactive ketones (excluding diaryl/α,β-unsaturated/α-hetero) is 2. The minimum atomic E-state index is -1.39. The van der Waals surface area contributed by atoms with Crippen molar-refractivity contribution in [2.24, 2.45) is 50.9 Å². The van der Waals surface area contributed by atoms with E-state index in [9.17, 15) is 19.2 Å². The van der Waals surface area contributed by atoms with Gasteiger partial charge in [0, 0.05) is 127 Å². The number of carbonyl (C=O) groups is 4. The van der Waals surface area contributed by atoms with Crippen LogP contribution >= 0.6 is 0 Å². The van der Waals surface area contributed by atoms with Gasteiger partial charge in [-0.15, -0.1) is 0 Å². The molecule has 2 amide bonds. The Bertz CT molecular complexity index is 3220. The number of fused-ring (bicyclic) bond motifs is 2. The number of furan rings is 2. The average Bonchev–Trinajstić information content (AvgIpc) is 4.25. The van der Waals surface area contributed by atoms with Crippen molar-refractivity contribution < 1.29 is 28.0 Å². The molecular formula is C60H78N10O6. The maximum atomic E-state index is 14.7. The molecule has 0 saturated carbocycles. The normalized spacial score (nSPS) is 12.0. The number of ketones is 2. The topological polar surface area (TPSA) is 172 Å². The lowest BCUT2D eigenvalue weighted by Crippen LogP contribution is -2.55. The van der Waals surface area contributed by atoms with Gasteiger partial charge >= 0.3 is 0 Å². The molecule has 0 spiro atoms. The fourth-order valence-electron chi connectivity index (χ4n) is 10.8. The van der Waals surface area contributed by atoms with Crippen LogP contribution in [0.15, 0.2) is 94.2 Å². The highest BCUT2D eigenvalue weighted by molar-refractivity contribution is 6.08. The number of hydrogen-bond acceptors (Lipinski definition) is 10. The molecular weight excluding hydrogens is 957 g/mol. The highest BCUT2D eigenvalue weighted by atomic mass is 16.3. The van der Waals surface area contributed by atoms with Gasteiger partial charge in [0.05, 0.1) is 40.7 Å². The summed E-state index contributed by atoms with van der Waals surface area (Å²) in [6.45, 7) is 17.0. The fraction of sp³-hybridized carbons (Fsp3) is 0.467. The quantitative estimate of drug-likeness (QED) is 0.0595. The molecule has 6 aromatic heterocycles. The number of rotatable bonds is 22. The molecule has 0 N–H and O–H groups in total. The lowest BCUT2D eigenvalue weighted by molar-refractivity contribution is -0.156. The van der Waals surface area contributed by atoms with Crippen LogP contribution in [0.1, 0.15) is 104 Å². The van der Waals surface area contributed by atoms with Crippen LogP contribution in [0, 0.1) is 50.4 Å². The maximum absolute atomic E-state index is 14.7. The van der Waals surface area contributed by atoms with Gasteiger partial charge in [-0.1, -0.05) is 39.8 Å². The van der Waals surface area contributed by atoms with Gasteiger partial charge in [0.2, 0.25) is 11.8 Å². The number of hydrogen-bond donors (Lipinski definition) is 0. The Labute approximate surface area is 447 Å². The molecule has 2 aromatic carbocycles. The Morgan fingerprint density at radius 1 is 0.513 bits per heavy atom. The fourth-order valence-corrected chi connectivity index (χ4v) is 10.8. The molecule has 404 valence electrons. The molecule has 16 nitrogen and oxygen atoms in total. The monoisotopic (exact) mass is 1030 g/mol. The Morgan fingerprint density at radius 3 is 1.32 bits per heavy atom. The Balaban J connectivity index is 0.000000221. The van der Waals surface area contributed by atoms with Gasteiger partial charge in [0.25, 0.3) is 0 Å². The SMILES string of the molecule is Cc1cc(CC(Cc2cc(C)nn2C)(C(=O)CCc2ccc3occc3c2)C(=O)CCC(C)C)n(C)n1.Cc1cc(CC(Cc2cc(C)nn2C)(C(=O)N(C)Cc2ccc3occc3c2)C(=O)N(C)CC(C)C)n(C)n1. The van der Waals surface area contributed by atoms with Crippen LogP contribution in [0.5, 0.6) is 0 Å². The summed E-state index contributed by atoms with van der Waals surface area (Å²) in [6.07, 6.45) is 6.39. The molecule has 0 atom stereocenters. The second kappa shape index (κ2) is 23.7. The number of aromatic nitrogens is 8. The second-order valence-electron chi connectivity index (χ2n) is 22.1. The number of carbonyl (C=O) groups excluding carboxylic acids is 4. The van der Waals surface area contributed by atoms with Crippen molar-refractivity contribution in [3.05, 3.63) is 142 Å². The largest absolute Gasteiger partial charge is 0.464 e. The maximum Gasteiger partial charge on any atom is 0.239 e. The summed E-state index contributed by atoms with van der Waals surface area (Å²) >= 11 is 0. The summed E-state index contributed by atoms with van der Waals surface area (Å²) in [5, 5.41) is 20.0. The lowest BCUT2D eigenvalue weighted by Gasteiger charge is -2.38. The van der Waals surface area contributed by atoms with E-state index >= 15 is 0 Å². The molecule has 0 unspecified atom stereocenters. The van der Waals surface area contributed by atoms with E-state index in [0.717, 1.165) is 85.0 Å². The van der Waals surface area contributed by atoms with Crippen molar-refractivity contribution in [2.75, 3.05) is 20.6 Å². The number of nitrogens with zero attached hydrogens (tertiary/aromatic N) is 10. The van der Waals surface area contributed by atoms with Gasteiger partial charge in [-0.2, -0.15) is 20.4 Å². The Kier molecular flexibility index (Phi) is 17.6. The zero-order chi connectivity index (χ0) is 55.2. The van der Waals surface area contributed by atoms with Crippen molar-refractivity contribution in [3.8, 4) is 0 Å². The smallest absolute Gasteiger partial charge is 0.239 e. The zero-order valence-corrected chi connectivity index (χ0v) is 47.2. The van der Waals surface area contributed by atoms with Gasteiger partial charge in [-0.05, 0) is 124 Å². The predicted molar refractivity (Wildman–Crippen MR) is 295 cm³/mol. The van der Waals surface area contributed by atoms with Gasteiger partial charge in [0.15, 0.2) is 0 Å². The molecule has 6 heterocycles. The van der Waals surface area contributed by atoms with E-state index in [1.807, 2.05) is 123 Å². The summed E-state index contributed by atoms with van der Waals surface area (Å²) in [4.78, 5) is 60.9. The molecule has 0 radical (unpaired) electrons. The zero-order valence-electron chi connectivity index (χ0n) is 47.2. The van der Waals surface area contributed by atoms with Crippen molar-refractivity contribution in [3.63, 3.8) is 0 Å². The number of benzene rings is 2. The minimum Gasteiger partial charge on any atom is -0.464 e. The Hall–Kier alpha value is -7.36. The molecule has 8 aromatic rings. The molecule has 16 heteroatoms.